The van der Waals surface area contributed by atoms with Gasteiger partial charge >= 0.3 is 5.97 Å². The summed E-state index contributed by atoms with van der Waals surface area (Å²) in [4.78, 5) is 38.1. The van der Waals surface area contributed by atoms with Crippen molar-refractivity contribution in [3.05, 3.63) is 34.9 Å². The molecule has 1 aliphatic carbocycles. The number of esters is 1. The third-order valence-corrected chi connectivity index (χ3v) is 5.49. The first kappa shape index (κ1) is 22.7. The SMILES string of the molecule is C[C@@H](OC(=O)CCNC(=O)c1ccc(Cl)cc1)C(=O)N(C)C1(C#N)CCCCC1. The van der Waals surface area contributed by atoms with Gasteiger partial charge in [-0.05, 0) is 44.0 Å². The van der Waals surface area contributed by atoms with Gasteiger partial charge < -0.3 is 15.0 Å². The number of carbonyl (C=O) groups is 3. The average Bonchev–Trinajstić information content (AvgIpc) is 2.73. The minimum atomic E-state index is -0.994. The molecule has 0 aromatic heterocycles. The summed E-state index contributed by atoms with van der Waals surface area (Å²) < 4.78 is 5.21. The van der Waals surface area contributed by atoms with Gasteiger partial charge in [-0.2, -0.15) is 5.26 Å². The largest absolute Gasteiger partial charge is 0.452 e. The van der Waals surface area contributed by atoms with Crippen molar-refractivity contribution >= 4 is 29.4 Å². The number of ether oxygens (including phenoxy) is 1. The molecule has 1 saturated carbocycles. The Balaban J connectivity index is 1.80. The van der Waals surface area contributed by atoms with Crippen LogP contribution in [0.4, 0.5) is 0 Å². The second-order valence-electron chi connectivity index (χ2n) is 7.25. The molecular weight excluding hydrogens is 394 g/mol. The van der Waals surface area contributed by atoms with E-state index in [0.29, 0.717) is 23.4 Å². The molecule has 1 fully saturated rings. The summed E-state index contributed by atoms with van der Waals surface area (Å²) in [5.41, 5.74) is -0.398. The van der Waals surface area contributed by atoms with E-state index in [1.807, 2.05) is 0 Å². The molecule has 0 radical (unpaired) electrons. The van der Waals surface area contributed by atoms with Crippen LogP contribution in [0.1, 0.15) is 55.8 Å². The first-order chi connectivity index (χ1) is 13.8. The van der Waals surface area contributed by atoms with Crippen molar-refractivity contribution in [2.75, 3.05) is 13.6 Å². The minimum absolute atomic E-state index is 0.0654. The van der Waals surface area contributed by atoms with Crippen LogP contribution in [0.2, 0.25) is 5.02 Å². The zero-order valence-corrected chi connectivity index (χ0v) is 17.5. The summed E-state index contributed by atoms with van der Waals surface area (Å²) in [7, 11) is 1.59. The number of amides is 2. The van der Waals surface area contributed by atoms with Gasteiger partial charge in [0.2, 0.25) is 0 Å². The average molecular weight is 420 g/mol. The fourth-order valence-corrected chi connectivity index (χ4v) is 3.56. The Morgan fingerprint density at radius 2 is 1.86 bits per heavy atom. The smallest absolute Gasteiger partial charge is 0.308 e. The number of carbonyl (C=O) groups excluding carboxylic acids is 3. The number of nitrogens with one attached hydrogen (secondary N) is 1. The van der Waals surface area contributed by atoms with Crippen molar-refractivity contribution in [1.29, 1.82) is 5.26 Å². The summed E-state index contributed by atoms with van der Waals surface area (Å²) in [6.07, 6.45) is 3.04. The molecule has 2 rings (SSSR count). The van der Waals surface area contributed by atoms with Gasteiger partial charge in [-0.1, -0.05) is 30.9 Å². The van der Waals surface area contributed by atoms with Crippen LogP contribution in [-0.2, 0) is 14.3 Å². The summed E-state index contributed by atoms with van der Waals surface area (Å²) in [6.45, 7) is 1.58. The van der Waals surface area contributed by atoms with Crippen LogP contribution in [-0.4, -0.2) is 47.9 Å². The van der Waals surface area contributed by atoms with E-state index >= 15 is 0 Å². The number of halogens is 1. The second-order valence-corrected chi connectivity index (χ2v) is 7.68. The van der Waals surface area contributed by atoms with Gasteiger partial charge in [0.15, 0.2) is 6.10 Å². The Morgan fingerprint density at radius 3 is 2.45 bits per heavy atom. The molecule has 7 nitrogen and oxygen atoms in total. The fourth-order valence-electron chi connectivity index (χ4n) is 3.43. The normalized spacial score (nSPS) is 16.2. The van der Waals surface area contributed by atoms with Crippen LogP contribution in [0.25, 0.3) is 0 Å². The van der Waals surface area contributed by atoms with E-state index in [1.54, 1.807) is 31.3 Å². The fraction of sp³-hybridized carbons (Fsp3) is 0.524. The van der Waals surface area contributed by atoms with Crippen LogP contribution >= 0.6 is 11.6 Å². The number of hydrogen-bond acceptors (Lipinski definition) is 5. The maximum absolute atomic E-state index is 12.7. The number of nitriles is 1. The highest BCUT2D eigenvalue weighted by atomic mass is 35.5. The first-order valence-corrected chi connectivity index (χ1v) is 10.1. The molecule has 0 bridgehead atoms. The summed E-state index contributed by atoms with van der Waals surface area (Å²) in [5.74, 6) is -1.32. The van der Waals surface area contributed by atoms with Crippen molar-refractivity contribution in [2.24, 2.45) is 0 Å². The Bertz CT molecular complexity index is 782. The number of likely N-dealkylation sites (N-methyl/N-ethyl adjacent to an activating group) is 1. The van der Waals surface area contributed by atoms with Crippen molar-refractivity contribution in [1.82, 2.24) is 10.2 Å². The van der Waals surface area contributed by atoms with E-state index in [4.69, 9.17) is 16.3 Å². The van der Waals surface area contributed by atoms with Crippen molar-refractivity contribution in [3.63, 3.8) is 0 Å². The molecule has 0 unspecified atom stereocenters. The topological polar surface area (TPSA) is 99.5 Å². The van der Waals surface area contributed by atoms with Gasteiger partial charge in [0.05, 0.1) is 12.5 Å². The van der Waals surface area contributed by atoms with Gasteiger partial charge in [0.1, 0.15) is 5.54 Å². The van der Waals surface area contributed by atoms with E-state index in [1.165, 1.54) is 11.8 Å². The van der Waals surface area contributed by atoms with Gasteiger partial charge in [0, 0.05) is 24.2 Å². The molecule has 1 aliphatic rings. The van der Waals surface area contributed by atoms with Crippen LogP contribution in [0, 0.1) is 11.3 Å². The van der Waals surface area contributed by atoms with Gasteiger partial charge in [0.25, 0.3) is 11.8 Å². The highest BCUT2D eigenvalue weighted by Gasteiger charge is 2.40. The molecule has 0 spiro atoms. The van der Waals surface area contributed by atoms with Crippen LogP contribution in [0.3, 0.4) is 0 Å². The van der Waals surface area contributed by atoms with Gasteiger partial charge in [-0.25, -0.2) is 0 Å². The maximum Gasteiger partial charge on any atom is 0.308 e. The predicted molar refractivity (Wildman–Crippen MR) is 108 cm³/mol. The monoisotopic (exact) mass is 419 g/mol. The second kappa shape index (κ2) is 10.3. The van der Waals surface area contributed by atoms with E-state index in [2.05, 4.69) is 11.4 Å². The molecule has 0 aliphatic heterocycles. The lowest BCUT2D eigenvalue weighted by Crippen LogP contribution is -2.53. The molecule has 1 aromatic carbocycles. The summed E-state index contributed by atoms with van der Waals surface area (Å²) in [5, 5.41) is 12.8. The van der Waals surface area contributed by atoms with Crippen molar-refractivity contribution in [3.8, 4) is 6.07 Å². The molecule has 2 amide bonds. The Labute approximate surface area is 176 Å². The third kappa shape index (κ3) is 5.94. The zero-order valence-electron chi connectivity index (χ0n) is 16.7. The van der Waals surface area contributed by atoms with Crippen molar-refractivity contribution < 1.29 is 19.1 Å². The molecule has 1 atom stereocenters. The molecule has 0 heterocycles. The highest BCUT2D eigenvalue weighted by molar-refractivity contribution is 6.30. The standard InChI is InChI=1S/C21H26ClN3O4/c1-15(20(28)25(2)21(14-23)11-4-3-5-12-21)29-18(26)10-13-24-19(27)16-6-8-17(22)9-7-16/h6-9,15H,3-5,10-13H2,1-2H3,(H,24,27)/t15-/m1/s1. The number of rotatable bonds is 7. The quantitative estimate of drug-likeness (QED) is 0.684. The lowest BCUT2D eigenvalue weighted by atomic mass is 9.81. The summed E-state index contributed by atoms with van der Waals surface area (Å²) >= 11 is 5.78. The Kier molecular flexibility index (Phi) is 8.03. The first-order valence-electron chi connectivity index (χ1n) is 9.71. The molecule has 29 heavy (non-hydrogen) atoms. The number of nitrogens with zero attached hydrogens (tertiary/aromatic N) is 2. The molecule has 8 heteroatoms. The minimum Gasteiger partial charge on any atom is -0.452 e. The van der Waals surface area contributed by atoms with E-state index in [-0.39, 0.29) is 18.9 Å². The van der Waals surface area contributed by atoms with E-state index in [0.717, 1.165) is 19.3 Å². The van der Waals surface area contributed by atoms with E-state index < -0.39 is 23.5 Å². The molecule has 156 valence electrons. The molecular formula is C21H26ClN3O4. The third-order valence-electron chi connectivity index (χ3n) is 5.24. The number of hydrogen-bond donors (Lipinski definition) is 1. The highest BCUT2D eigenvalue weighted by Crippen LogP contribution is 2.32. The summed E-state index contributed by atoms with van der Waals surface area (Å²) in [6, 6.07) is 8.67. The van der Waals surface area contributed by atoms with Crippen LogP contribution < -0.4 is 5.32 Å². The number of benzene rings is 1. The van der Waals surface area contributed by atoms with Crippen molar-refractivity contribution in [2.45, 2.75) is 57.1 Å². The van der Waals surface area contributed by atoms with E-state index in [9.17, 15) is 19.6 Å². The lowest BCUT2D eigenvalue weighted by Gasteiger charge is -2.39. The van der Waals surface area contributed by atoms with Gasteiger partial charge in [-0.15, -0.1) is 0 Å². The molecule has 1 N–H and O–H groups in total. The maximum atomic E-state index is 12.7. The van der Waals surface area contributed by atoms with Gasteiger partial charge in [-0.3, -0.25) is 14.4 Å². The predicted octanol–water partition coefficient (Wildman–Crippen LogP) is 3.08. The molecule has 0 saturated heterocycles. The van der Waals surface area contributed by atoms with Crippen LogP contribution in [0.5, 0.6) is 0 Å². The van der Waals surface area contributed by atoms with Crippen LogP contribution in [0.15, 0.2) is 24.3 Å². The Hall–Kier alpha value is -2.59. The molecule has 1 aromatic rings. The Morgan fingerprint density at radius 1 is 1.24 bits per heavy atom. The lowest BCUT2D eigenvalue weighted by molar-refractivity contribution is -0.160. The zero-order chi connectivity index (χ0) is 21.4.